The fourth-order valence-electron chi connectivity index (χ4n) is 2.64. The molecule has 5 N–H and O–H groups in total. The summed E-state index contributed by atoms with van der Waals surface area (Å²) in [6.07, 6.45) is 3.48. The third kappa shape index (κ3) is 6.56. The summed E-state index contributed by atoms with van der Waals surface area (Å²) in [5.41, 5.74) is 4.02. The van der Waals surface area contributed by atoms with Crippen LogP contribution in [0, 0.1) is 24.4 Å². The highest BCUT2D eigenvalue weighted by molar-refractivity contribution is 7.11. The van der Waals surface area contributed by atoms with E-state index in [2.05, 4.69) is 15.0 Å². The number of carbonyl (C=O) groups is 2. The highest BCUT2D eigenvalue weighted by Crippen LogP contribution is 2.31. The maximum Gasteiger partial charge on any atom is 0.344 e. The van der Waals surface area contributed by atoms with Gasteiger partial charge in [-0.15, -0.1) is 0 Å². The first-order chi connectivity index (χ1) is 14.8. The fourth-order valence-corrected chi connectivity index (χ4v) is 3.37. The van der Waals surface area contributed by atoms with E-state index in [1.165, 1.54) is 6.92 Å². The molecule has 0 aliphatic heterocycles. The number of ether oxygens (including phenoxy) is 1. The van der Waals surface area contributed by atoms with Gasteiger partial charge < -0.3 is 20.9 Å². The lowest BCUT2D eigenvalue weighted by atomic mass is 10.1. The maximum absolute atomic E-state index is 14.0. The van der Waals surface area contributed by atoms with Gasteiger partial charge in [0.1, 0.15) is 17.4 Å². The molecule has 0 bridgehead atoms. The number of nitrogens with two attached hydrogens (primary N) is 1. The minimum absolute atomic E-state index is 0.112. The van der Waals surface area contributed by atoms with Crippen molar-refractivity contribution in [3.63, 3.8) is 0 Å². The molecule has 2 amide bonds. The van der Waals surface area contributed by atoms with Gasteiger partial charge in [0.25, 0.3) is 0 Å². The number of benzene rings is 1. The Bertz CT molecular complexity index is 939. The van der Waals surface area contributed by atoms with Crippen LogP contribution < -0.4 is 21.1 Å². The number of carboxylic acid groups (broad SMARTS) is 1. The molecule has 0 saturated heterocycles. The van der Waals surface area contributed by atoms with Crippen LogP contribution in [0.15, 0.2) is 6.07 Å². The quantitative estimate of drug-likeness (QED) is 0.299. The lowest BCUT2D eigenvalue weighted by molar-refractivity contribution is 0.0693. The number of carbonyl (C=O) groups excluding carboxylic acids is 1. The molecule has 2 aromatic rings. The molecule has 2 rings (SSSR count). The summed E-state index contributed by atoms with van der Waals surface area (Å²) in [4.78, 5) is 23.6. The molecular weight excluding hydrogens is 437 g/mol. The molecule has 0 atom stereocenters. The molecule has 8 nitrogen and oxygen atoms in total. The summed E-state index contributed by atoms with van der Waals surface area (Å²) in [7, 11) is 0. The molecule has 0 aliphatic rings. The lowest BCUT2D eigenvalue weighted by Crippen LogP contribution is -2.29. The Morgan fingerprint density at radius 3 is 2.58 bits per heavy atom. The van der Waals surface area contributed by atoms with Gasteiger partial charge in [0.05, 0.1) is 5.56 Å². The molecule has 0 unspecified atom stereocenters. The Kier molecular flexibility index (Phi) is 9.06. The SMILES string of the molecule is Cc1cc(F)c(COc2nsc(NC(=O)NCCCCCCN)c2C(=O)O)c(F)c1F. The zero-order valence-corrected chi connectivity index (χ0v) is 17.6. The summed E-state index contributed by atoms with van der Waals surface area (Å²) in [6.45, 7) is 1.42. The fraction of sp³-hybridized carbons (Fsp3) is 0.421. The number of hydrogen-bond acceptors (Lipinski definition) is 6. The number of aryl methyl sites for hydroxylation is 1. The molecule has 0 fully saturated rings. The van der Waals surface area contributed by atoms with Crippen molar-refractivity contribution in [2.75, 3.05) is 18.4 Å². The van der Waals surface area contributed by atoms with E-state index in [0.29, 0.717) is 24.6 Å². The molecule has 12 heteroatoms. The molecule has 170 valence electrons. The van der Waals surface area contributed by atoms with Crippen LogP contribution in [-0.2, 0) is 6.61 Å². The number of urea groups is 1. The normalized spacial score (nSPS) is 10.7. The molecule has 31 heavy (non-hydrogen) atoms. The zero-order valence-electron chi connectivity index (χ0n) is 16.8. The van der Waals surface area contributed by atoms with Crippen molar-refractivity contribution in [2.24, 2.45) is 5.73 Å². The second-order valence-corrected chi connectivity index (χ2v) is 7.42. The Morgan fingerprint density at radius 2 is 1.90 bits per heavy atom. The largest absolute Gasteiger partial charge is 0.477 e. The van der Waals surface area contributed by atoms with Gasteiger partial charge in [-0.2, -0.15) is 4.37 Å². The summed E-state index contributed by atoms with van der Waals surface area (Å²) in [6, 6.07) is 0.179. The van der Waals surface area contributed by atoms with Crippen molar-refractivity contribution < 1.29 is 32.6 Å². The standard InChI is InChI=1S/C19H23F3N4O4S/c1-10-8-12(20)11(15(22)14(10)21)9-30-16-13(18(27)28)17(31-26-16)25-19(29)24-7-5-3-2-4-6-23/h8H,2-7,9,23H2,1H3,(H,27,28)(H2,24,25,29). The summed E-state index contributed by atoms with van der Waals surface area (Å²) < 4.78 is 50.5. The third-order valence-corrected chi connectivity index (χ3v) is 5.05. The van der Waals surface area contributed by atoms with E-state index < -0.39 is 53.1 Å². The van der Waals surface area contributed by atoms with Crippen LogP contribution in [0.3, 0.4) is 0 Å². The van der Waals surface area contributed by atoms with Crippen molar-refractivity contribution in [3.05, 3.63) is 40.2 Å². The van der Waals surface area contributed by atoms with Gasteiger partial charge in [0.2, 0.25) is 5.88 Å². The van der Waals surface area contributed by atoms with Gasteiger partial charge >= 0.3 is 12.0 Å². The third-order valence-electron chi connectivity index (χ3n) is 4.31. The van der Waals surface area contributed by atoms with Crippen LogP contribution in [0.4, 0.5) is 23.0 Å². The number of aromatic nitrogens is 1. The molecule has 0 radical (unpaired) electrons. The molecule has 0 spiro atoms. The number of amides is 2. The zero-order chi connectivity index (χ0) is 23.0. The molecule has 0 aliphatic carbocycles. The topological polar surface area (TPSA) is 127 Å². The number of nitrogens with zero attached hydrogens (tertiary/aromatic N) is 1. The summed E-state index contributed by atoms with van der Waals surface area (Å²) in [5, 5.41) is 14.3. The van der Waals surface area contributed by atoms with Crippen molar-refractivity contribution >= 4 is 28.5 Å². The number of nitrogens with one attached hydrogen (secondary N) is 2. The molecular formula is C19H23F3N4O4S. The van der Waals surface area contributed by atoms with E-state index in [1.807, 2.05) is 0 Å². The first kappa shape index (κ1) is 24.4. The van der Waals surface area contributed by atoms with Gasteiger partial charge in [-0.05, 0) is 49.5 Å². The smallest absolute Gasteiger partial charge is 0.344 e. The Hall–Kier alpha value is -2.86. The number of anilines is 1. The van der Waals surface area contributed by atoms with E-state index in [4.69, 9.17) is 10.5 Å². The highest BCUT2D eigenvalue weighted by Gasteiger charge is 2.25. The van der Waals surface area contributed by atoms with E-state index in [-0.39, 0.29) is 10.6 Å². The highest BCUT2D eigenvalue weighted by atomic mass is 32.1. The number of unbranched alkanes of at least 4 members (excludes halogenated alkanes) is 3. The van der Waals surface area contributed by atoms with E-state index >= 15 is 0 Å². The van der Waals surface area contributed by atoms with Crippen LogP contribution in [0.5, 0.6) is 5.88 Å². The minimum Gasteiger partial charge on any atom is -0.477 e. The molecule has 0 saturated carbocycles. The van der Waals surface area contributed by atoms with Gasteiger partial charge in [-0.25, -0.2) is 22.8 Å². The van der Waals surface area contributed by atoms with Crippen molar-refractivity contribution in [1.29, 1.82) is 0 Å². The van der Waals surface area contributed by atoms with Crippen molar-refractivity contribution in [3.8, 4) is 5.88 Å². The number of hydrogen-bond donors (Lipinski definition) is 4. The van der Waals surface area contributed by atoms with Crippen LogP contribution in [0.2, 0.25) is 0 Å². The number of aromatic carboxylic acids is 1. The number of rotatable bonds is 11. The Morgan fingerprint density at radius 1 is 1.19 bits per heavy atom. The summed E-state index contributed by atoms with van der Waals surface area (Å²) in [5.74, 6) is -5.59. The van der Waals surface area contributed by atoms with Crippen LogP contribution in [0.25, 0.3) is 0 Å². The number of carboxylic acids is 1. The monoisotopic (exact) mass is 460 g/mol. The Labute approximate surface area is 180 Å². The second kappa shape index (κ2) is 11.5. The second-order valence-electron chi connectivity index (χ2n) is 6.65. The Balaban J connectivity index is 2.02. The molecule has 1 heterocycles. The van der Waals surface area contributed by atoms with Gasteiger partial charge in [0.15, 0.2) is 17.2 Å². The first-order valence-corrected chi connectivity index (χ1v) is 10.3. The van der Waals surface area contributed by atoms with E-state index in [0.717, 1.165) is 31.7 Å². The van der Waals surface area contributed by atoms with E-state index in [1.54, 1.807) is 0 Å². The molecule has 1 aromatic carbocycles. The predicted octanol–water partition coefficient (Wildman–Crippen LogP) is 3.79. The average molecular weight is 460 g/mol. The minimum atomic E-state index is -1.46. The number of halogens is 3. The van der Waals surface area contributed by atoms with Crippen molar-refractivity contribution in [1.82, 2.24) is 9.69 Å². The lowest BCUT2D eigenvalue weighted by Gasteiger charge is -2.09. The molecule has 1 aromatic heterocycles. The maximum atomic E-state index is 14.0. The van der Waals surface area contributed by atoms with Crippen LogP contribution in [-0.4, -0.2) is 34.6 Å². The van der Waals surface area contributed by atoms with Gasteiger partial charge in [0, 0.05) is 6.54 Å². The van der Waals surface area contributed by atoms with Crippen molar-refractivity contribution in [2.45, 2.75) is 39.2 Å². The van der Waals surface area contributed by atoms with Crippen LogP contribution >= 0.6 is 11.5 Å². The van der Waals surface area contributed by atoms with Gasteiger partial charge in [-0.3, -0.25) is 5.32 Å². The van der Waals surface area contributed by atoms with E-state index in [9.17, 15) is 27.9 Å². The first-order valence-electron chi connectivity index (χ1n) is 9.49. The average Bonchev–Trinajstić information content (AvgIpc) is 3.11. The van der Waals surface area contributed by atoms with Crippen LogP contribution in [0.1, 0.15) is 47.2 Å². The predicted molar refractivity (Wildman–Crippen MR) is 109 cm³/mol. The summed E-state index contributed by atoms with van der Waals surface area (Å²) >= 11 is 0.629. The van der Waals surface area contributed by atoms with Gasteiger partial charge in [-0.1, -0.05) is 12.8 Å².